The molecule has 0 saturated carbocycles. The Morgan fingerprint density at radius 2 is 1.95 bits per heavy atom. The van der Waals surface area contributed by atoms with E-state index in [9.17, 15) is 18.0 Å². The fourth-order valence-electron chi connectivity index (χ4n) is 7.07. The fourth-order valence-corrected chi connectivity index (χ4v) is 7.07. The number of allylic oxidation sites excluding steroid dienone is 2. The third kappa shape index (κ3) is 7.25. The molecule has 2 atom stereocenters. The number of anilines is 2. The van der Waals surface area contributed by atoms with Gasteiger partial charge >= 0.3 is 6.18 Å². The van der Waals surface area contributed by atoms with Gasteiger partial charge in [-0.15, -0.1) is 0 Å². The predicted octanol–water partition coefficient (Wildman–Crippen LogP) is 5.19. The number of likely N-dealkylation sites (tertiary alicyclic amines) is 2. The lowest BCUT2D eigenvalue weighted by Crippen LogP contribution is -2.71. The Labute approximate surface area is 259 Å². The van der Waals surface area contributed by atoms with E-state index in [1.807, 2.05) is 17.9 Å². The number of nitrogens with one attached hydrogen (secondary N) is 2. The van der Waals surface area contributed by atoms with Crippen molar-refractivity contribution >= 4 is 23.1 Å². The minimum Gasteiger partial charge on any atom is -0.385 e. The number of carbonyl (C=O) groups is 1. The molecule has 44 heavy (non-hydrogen) atoms. The summed E-state index contributed by atoms with van der Waals surface area (Å²) >= 11 is 0. The maximum atomic E-state index is 14.3. The molecule has 4 aliphatic rings. The van der Waals surface area contributed by atoms with Crippen LogP contribution in [0.15, 0.2) is 46.7 Å². The van der Waals surface area contributed by atoms with Crippen molar-refractivity contribution in [3.63, 3.8) is 0 Å². The van der Waals surface area contributed by atoms with Crippen LogP contribution in [0.25, 0.3) is 0 Å². The van der Waals surface area contributed by atoms with E-state index in [0.717, 1.165) is 62.9 Å². The molecule has 1 amide bonds. The van der Waals surface area contributed by atoms with E-state index in [0.29, 0.717) is 50.4 Å². The predicted molar refractivity (Wildman–Crippen MR) is 169 cm³/mol. The summed E-state index contributed by atoms with van der Waals surface area (Å²) < 4.78 is 48.4. The molecular formula is C33H47F3N6O2. The van der Waals surface area contributed by atoms with Crippen LogP contribution >= 0.6 is 0 Å². The third-order valence-electron chi connectivity index (χ3n) is 9.18. The van der Waals surface area contributed by atoms with Crippen LogP contribution in [0.3, 0.4) is 0 Å². The van der Waals surface area contributed by atoms with E-state index in [1.165, 1.54) is 5.69 Å². The molecule has 1 aromatic rings. The Hall–Kier alpha value is -3.05. The summed E-state index contributed by atoms with van der Waals surface area (Å²) in [6.07, 6.45) is 1.28. The summed E-state index contributed by atoms with van der Waals surface area (Å²) in [5.41, 5.74) is 2.78. The summed E-state index contributed by atoms with van der Waals surface area (Å²) in [4.78, 5) is 23.4. The smallest absolute Gasteiger partial charge is 0.385 e. The maximum absolute atomic E-state index is 14.3. The third-order valence-corrected chi connectivity index (χ3v) is 9.18. The molecule has 1 spiro atoms. The molecule has 0 aromatic heterocycles. The van der Waals surface area contributed by atoms with Gasteiger partial charge in [-0.25, -0.2) is 4.99 Å². The molecule has 2 bridgehead atoms. The number of benzene rings is 1. The normalized spacial score (nSPS) is 24.1. The maximum Gasteiger partial charge on any atom is 0.419 e. The second kappa shape index (κ2) is 13.5. The summed E-state index contributed by atoms with van der Waals surface area (Å²) in [5, 5.41) is 6.23. The second-order valence-electron chi connectivity index (χ2n) is 12.9. The SMILES string of the molecule is CCC/C=C(NCCCN1C(=O)C2COCC1C2)/C(=C\N=C(C)Nc1ccc(N2CC3(CN(C)C3)C2)cc1CC)C(F)(F)F. The Morgan fingerprint density at radius 3 is 2.61 bits per heavy atom. The van der Waals surface area contributed by atoms with Crippen molar-refractivity contribution in [3.8, 4) is 0 Å². The zero-order valence-corrected chi connectivity index (χ0v) is 26.5. The lowest BCUT2D eigenvalue weighted by Gasteiger charge is -2.60. The Morgan fingerprint density at radius 1 is 1.18 bits per heavy atom. The molecule has 8 nitrogen and oxygen atoms in total. The topological polar surface area (TPSA) is 72.4 Å². The van der Waals surface area contributed by atoms with Crippen molar-refractivity contribution in [3.05, 3.63) is 47.3 Å². The summed E-state index contributed by atoms with van der Waals surface area (Å²) in [7, 11) is 2.15. The van der Waals surface area contributed by atoms with Gasteiger partial charge in [-0.2, -0.15) is 13.2 Å². The highest BCUT2D eigenvalue weighted by Gasteiger charge is 2.50. The lowest BCUT2D eigenvalue weighted by atomic mass is 9.73. The van der Waals surface area contributed by atoms with Crippen molar-refractivity contribution < 1.29 is 22.7 Å². The van der Waals surface area contributed by atoms with Gasteiger partial charge in [0.05, 0.1) is 30.7 Å². The number of unbranched alkanes of at least 4 members (excludes halogenated alkanes) is 1. The average molecular weight is 617 g/mol. The van der Waals surface area contributed by atoms with Crippen LogP contribution in [-0.4, -0.2) is 93.3 Å². The van der Waals surface area contributed by atoms with E-state index >= 15 is 0 Å². The van der Waals surface area contributed by atoms with Crippen LogP contribution in [0.5, 0.6) is 0 Å². The average Bonchev–Trinajstić information content (AvgIpc) is 3.16. The van der Waals surface area contributed by atoms with Crippen LogP contribution in [0.2, 0.25) is 0 Å². The first-order chi connectivity index (χ1) is 21.0. The monoisotopic (exact) mass is 616 g/mol. The number of alkyl halides is 3. The number of hydrogen-bond acceptors (Lipinski definition) is 6. The Kier molecular flexibility index (Phi) is 9.94. The number of aliphatic imine (C=N–C) groups is 1. The zero-order valence-electron chi connectivity index (χ0n) is 26.5. The first-order valence-corrected chi connectivity index (χ1v) is 16.0. The lowest BCUT2D eigenvalue weighted by molar-refractivity contribution is -0.131. The molecule has 0 radical (unpaired) electrons. The highest BCUT2D eigenvalue weighted by molar-refractivity contribution is 5.95. The van der Waals surface area contributed by atoms with Crippen LogP contribution in [0.4, 0.5) is 24.5 Å². The van der Waals surface area contributed by atoms with Crippen molar-refractivity contribution in [2.75, 3.05) is 69.7 Å². The van der Waals surface area contributed by atoms with Crippen LogP contribution in [-0.2, 0) is 16.0 Å². The minimum atomic E-state index is -4.59. The highest BCUT2D eigenvalue weighted by Crippen LogP contribution is 2.41. The number of fused-ring (bicyclic) bond motifs is 2. The summed E-state index contributed by atoms with van der Waals surface area (Å²) in [6.45, 7) is 11.9. The summed E-state index contributed by atoms with van der Waals surface area (Å²) in [6, 6.07) is 6.33. The number of ether oxygens (including phenoxy) is 1. The molecule has 5 rings (SSSR count). The molecule has 4 saturated heterocycles. The number of rotatable bonds is 12. The molecule has 0 aliphatic carbocycles. The van der Waals surface area contributed by atoms with Gasteiger partial charge in [0.25, 0.3) is 0 Å². The van der Waals surface area contributed by atoms with Crippen LogP contribution in [0.1, 0.15) is 52.0 Å². The molecular weight excluding hydrogens is 569 g/mol. The number of aryl methyl sites for hydroxylation is 1. The molecule has 2 unspecified atom stereocenters. The first-order valence-electron chi connectivity index (χ1n) is 16.0. The number of amidine groups is 1. The van der Waals surface area contributed by atoms with E-state index < -0.39 is 11.7 Å². The molecule has 4 heterocycles. The second-order valence-corrected chi connectivity index (χ2v) is 12.9. The van der Waals surface area contributed by atoms with Crippen molar-refractivity contribution in [1.29, 1.82) is 0 Å². The molecule has 2 N–H and O–H groups in total. The van der Waals surface area contributed by atoms with E-state index in [4.69, 9.17) is 4.74 Å². The van der Waals surface area contributed by atoms with Gasteiger partial charge in [0, 0.05) is 68.0 Å². The first kappa shape index (κ1) is 32.3. The number of hydrogen-bond donors (Lipinski definition) is 2. The van der Waals surface area contributed by atoms with Gasteiger partial charge in [0.1, 0.15) is 5.84 Å². The van der Waals surface area contributed by atoms with Crippen LogP contribution < -0.4 is 15.5 Å². The molecule has 1 aromatic carbocycles. The number of amides is 1. The minimum absolute atomic E-state index is 0.0225. The number of halogens is 3. The highest BCUT2D eigenvalue weighted by atomic mass is 19.4. The van der Waals surface area contributed by atoms with Crippen molar-refractivity contribution in [2.45, 2.75) is 65.1 Å². The molecule has 11 heteroatoms. The van der Waals surface area contributed by atoms with Gasteiger partial charge in [0.2, 0.25) is 5.91 Å². The molecule has 4 aliphatic heterocycles. The van der Waals surface area contributed by atoms with Gasteiger partial charge in [0.15, 0.2) is 0 Å². The van der Waals surface area contributed by atoms with E-state index in [1.54, 1.807) is 13.0 Å². The van der Waals surface area contributed by atoms with Crippen molar-refractivity contribution in [2.24, 2.45) is 16.3 Å². The molecule has 4 fully saturated rings. The van der Waals surface area contributed by atoms with E-state index in [2.05, 4.69) is 51.5 Å². The molecule has 242 valence electrons. The van der Waals surface area contributed by atoms with Gasteiger partial charge in [-0.1, -0.05) is 26.3 Å². The fraction of sp³-hybridized carbons (Fsp3) is 0.636. The summed E-state index contributed by atoms with van der Waals surface area (Å²) in [5.74, 6) is 0.398. The van der Waals surface area contributed by atoms with Crippen LogP contribution in [0, 0.1) is 11.3 Å². The largest absolute Gasteiger partial charge is 0.419 e. The number of carbonyl (C=O) groups excluding carboxylic acids is 1. The Bertz CT molecular complexity index is 1280. The Balaban J connectivity index is 1.22. The van der Waals surface area contributed by atoms with Gasteiger partial charge < -0.3 is 30.1 Å². The van der Waals surface area contributed by atoms with E-state index in [-0.39, 0.29) is 23.6 Å². The van der Waals surface area contributed by atoms with Gasteiger partial charge in [-0.05, 0) is 63.4 Å². The zero-order chi connectivity index (χ0) is 31.5. The van der Waals surface area contributed by atoms with Gasteiger partial charge in [-0.3, -0.25) is 4.79 Å². The number of nitrogens with zero attached hydrogens (tertiary/aromatic N) is 4. The standard InChI is InChI=1S/C33H47F3N6O2/c1-5-7-9-30(37-12-8-13-42-27-15-25(31(42)43)17-44-18-27)28(33(34,35)36)16-38-23(3)39-29-11-10-26(14-24(29)6-2)41-21-32(22-41)19-40(4)20-32/h9-11,14,16,25,27,37H,5-8,12-13,15,17-22H2,1-4H3,(H,38,39)/b28-16+,30-9-. The quantitative estimate of drug-likeness (QED) is 0.146. The van der Waals surface area contributed by atoms with Crippen molar-refractivity contribution in [1.82, 2.24) is 15.1 Å².